The van der Waals surface area contributed by atoms with Crippen molar-refractivity contribution in [3.8, 4) is 0 Å². The van der Waals surface area contributed by atoms with E-state index in [1.807, 2.05) is 25.1 Å². The predicted molar refractivity (Wildman–Crippen MR) is 88.3 cm³/mol. The molecule has 0 atom stereocenters. The van der Waals surface area contributed by atoms with Crippen LogP contribution in [-0.4, -0.2) is 30.4 Å². The van der Waals surface area contributed by atoms with Gasteiger partial charge in [0.15, 0.2) is 0 Å². The second-order valence-electron chi connectivity index (χ2n) is 6.29. The summed E-state index contributed by atoms with van der Waals surface area (Å²) in [6.45, 7) is 8.98. The van der Waals surface area contributed by atoms with Crippen molar-refractivity contribution in [2.45, 2.75) is 40.0 Å². The van der Waals surface area contributed by atoms with Gasteiger partial charge in [-0.1, -0.05) is 19.9 Å². The highest BCUT2D eigenvalue weighted by atomic mass is 16.2. The lowest BCUT2D eigenvalue weighted by atomic mass is 9.82. The van der Waals surface area contributed by atoms with Gasteiger partial charge in [-0.2, -0.15) is 0 Å². The summed E-state index contributed by atoms with van der Waals surface area (Å²) in [6.07, 6.45) is 3.58. The molecule has 116 valence electrons. The Kier molecular flexibility index (Phi) is 4.88. The van der Waals surface area contributed by atoms with Gasteiger partial charge < -0.3 is 11.1 Å². The summed E-state index contributed by atoms with van der Waals surface area (Å²) in [6, 6.07) is 5.65. The van der Waals surface area contributed by atoms with Crippen LogP contribution in [0, 0.1) is 12.3 Å². The van der Waals surface area contributed by atoms with Crippen LogP contribution < -0.4 is 11.1 Å². The van der Waals surface area contributed by atoms with Crippen LogP contribution in [0.3, 0.4) is 0 Å². The lowest BCUT2D eigenvalue weighted by molar-refractivity contribution is -0.117. The molecule has 0 unspecified atom stereocenters. The molecule has 2 rings (SSSR count). The van der Waals surface area contributed by atoms with E-state index in [9.17, 15) is 4.79 Å². The third-order valence-corrected chi connectivity index (χ3v) is 4.95. The van der Waals surface area contributed by atoms with Crippen molar-refractivity contribution in [2.24, 2.45) is 5.41 Å². The van der Waals surface area contributed by atoms with Crippen molar-refractivity contribution < 1.29 is 4.79 Å². The summed E-state index contributed by atoms with van der Waals surface area (Å²) in [5, 5.41) is 2.94. The number of hydrogen-bond donors (Lipinski definition) is 2. The third kappa shape index (κ3) is 3.76. The highest BCUT2D eigenvalue weighted by Crippen LogP contribution is 2.36. The first-order valence-corrected chi connectivity index (χ1v) is 7.86. The zero-order chi connectivity index (χ0) is 15.5. The molecule has 0 radical (unpaired) electrons. The molecular formula is C17H27N3O. The molecule has 3 N–H and O–H groups in total. The SMILES string of the molecule is CCC1(CC)CCN(CC(=O)Nc2ccc(C)c(N)c2)C1. The maximum Gasteiger partial charge on any atom is 0.238 e. The van der Waals surface area contributed by atoms with Gasteiger partial charge in [-0.15, -0.1) is 0 Å². The molecule has 1 aliphatic heterocycles. The van der Waals surface area contributed by atoms with E-state index in [2.05, 4.69) is 24.1 Å². The summed E-state index contributed by atoms with van der Waals surface area (Å²) < 4.78 is 0. The Balaban J connectivity index is 1.89. The average Bonchev–Trinajstić information content (AvgIpc) is 2.87. The molecule has 1 aromatic carbocycles. The molecule has 1 heterocycles. The fourth-order valence-electron chi connectivity index (χ4n) is 3.11. The highest BCUT2D eigenvalue weighted by Gasteiger charge is 2.35. The van der Waals surface area contributed by atoms with Crippen molar-refractivity contribution in [3.63, 3.8) is 0 Å². The molecule has 0 spiro atoms. The zero-order valence-electron chi connectivity index (χ0n) is 13.4. The van der Waals surface area contributed by atoms with Crippen molar-refractivity contribution in [1.29, 1.82) is 0 Å². The van der Waals surface area contributed by atoms with Crippen molar-refractivity contribution in [3.05, 3.63) is 23.8 Å². The number of nitrogens with zero attached hydrogens (tertiary/aromatic N) is 1. The minimum absolute atomic E-state index is 0.0428. The standard InChI is InChI=1S/C17H27N3O/c1-4-17(5-2)8-9-20(12-17)11-16(21)19-14-7-6-13(3)15(18)10-14/h6-7,10H,4-5,8-9,11-12,18H2,1-3H3,(H,19,21). The lowest BCUT2D eigenvalue weighted by Crippen LogP contribution is -2.33. The summed E-state index contributed by atoms with van der Waals surface area (Å²) in [4.78, 5) is 14.4. The van der Waals surface area contributed by atoms with Crippen LogP contribution in [0.1, 0.15) is 38.7 Å². The van der Waals surface area contributed by atoms with Crippen LogP contribution in [0.4, 0.5) is 11.4 Å². The molecule has 1 aliphatic rings. The first-order chi connectivity index (χ1) is 9.98. The molecule has 1 fully saturated rings. The van der Waals surface area contributed by atoms with Crippen molar-refractivity contribution in [2.75, 3.05) is 30.7 Å². The van der Waals surface area contributed by atoms with Gasteiger partial charge in [0.05, 0.1) is 6.54 Å². The number of nitrogens with one attached hydrogen (secondary N) is 1. The molecule has 0 aromatic heterocycles. The van der Waals surface area contributed by atoms with Crippen LogP contribution in [0.15, 0.2) is 18.2 Å². The summed E-state index contributed by atoms with van der Waals surface area (Å²) >= 11 is 0. The number of hydrogen-bond acceptors (Lipinski definition) is 3. The maximum atomic E-state index is 12.2. The highest BCUT2D eigenvalue weighted by molar-refractivity contribution is 5.92. The number of rotatable bonds is 5. The Bertz CT molecular complexity index is 509. The summed E-state index contributed by atoms with van der Waals surface area (Å²) in [7, 11) is 0. The van der Waals surface area contributed by atoms with E-state index in [0.29, 0.717) is 17.6 Å². The second kappa shape index (κ2) is 6.48. The molecule has 4 nitrogen and oxygen atoms in total. The number of benzene rings is 1. The molecule has 21 heavy (non-hydrogen) atoms. The quantitative estimate of drug-likeness (QED) is 0.819. The lowest BCUT2D eigenvalue weighted by Gasteiger charge is -2.26. The first-order valence-electron chi connectivity index (χ1n) is 7.86. The van der Waals surface area contributed by atoms with Gasteiger partial charge in [0.1, 0.15) is 0 Å². The van der Waals surface area contributed by atoms with Gasteiger partial charge in [0.25, 0.3) is 0 Å². The predicted octanol–water partition coefficient (Wildman–Crippen LogP) is 3.03. The van der Waals surface area contributed by atoms with Crippen molar-refractivity contribution in [1.82, 2.24) is 4.90 Å². The van der Waals surface area contributed by atoms with E-state index in [-0.39, 0.29) is 5.91 Å². The number of anilines is 2. The average molecular weight is 289 g/mol. The Morgan fingerprint density at radius 1 is 1.38 bits per heavy atom. The van der Waals surface area contributed by atoms with Crippen LogP contribution in [0.25, 0.3) is 0 Å². The number of nitrogens with two attached hydrogens (primary N) is 1. The van der Waals surface area contributed by atoms with E-state index in [4.69, 9.17) is 5.73 Å². The molecule has 1 saturated heterocycles. The number of nitrogen functional groups attached to an aromatic ring is 1. The molecule has 4 heteroatoms. The Morgan fingerprint density at radius 2 is 2.10 bits per heavy atom. The zero-order valence-corrected chi connectivity index (χ0v) is 13.4. The maximum absolute atomic E-state index is 12.2. The van der Waals surface area contributed by atoms with E-state index in [0.717, 1.165) is 24.3 Å². The number of amides is 1. The van der Waals surface area contributed by atoms with Gasteiger partial charge in [0.2, 0.25) is 5.91 Å². The largest absolute Gasteiger partial charge is 0.398 e. The van der Waals surface area contributed by atoms with E-state index >= 15 is 0 Å². The molecule has 0 bridgehead atoms. The fourth-order valence-corrected chi connectivity index (χ4v) is 3.11. The van der Waals surface area contributed by atoms with Crippen molar-refractivity contribution >= 4 is 17.3 Å². The van der Waals surface area contributed by atoms with E-state index < -0.39 is 0 Å². The van der Waals surface area contributed by atoms with Crippen LogP contribution in [0.2, 0.25) is 0 Å². The van der Waals surface area contributed by atoms with Crippen LogP contribution >= 0.6 is 0 Å². The topological polar surface area (TPSA) is 58.4 Å². The third-order valence-electron chi connectivity index (χ3n) is 4.95. The van der Waals surface area contributed by atoms with E-state index in [1.165, 1.54) is 19.3 Å². The minimum Gasteiger partial charge on any atom is -0.398 e. The monoisotopic (exact) mass is 289 g/mol. The fraction of sp³-hybridized carbons (Fsp3) is 0.588. The summed E-state index contributed by atoms with van der Waals surface area (Å²) in [5.41, 5.74) is 8.80. The normalized spacial score (nSPS) is 17.9. The first kappa shape index (κ1) is 15.8. The second-order valence-corrected chi connectivity index (χ2v) is 6.29. The molecule has 1 aromatic rings. The molecule has 0 saturated carbocycles. The Morgan fingerprint density at radius 3 is 2.67 bits per heavy atom. The van der Waals surface area contributed by atoms with Gasteiger partial charge >= 0.3 is 0 Å². The van der Waals surface area contributed by atoms with Gasteiger partial charge in [-0.05, 0) is 55.8 Å². The van der Waals surface area contributed by atoms with Crippen LogP contribution in [-0.2, 0) is 4.79 Å². The smallest absolute Gasteiger partial charge is 0.238 e. The number of likely N-dealkylation sites (tertiary alicyclic amines) is 1. The van der Waals surface area contributed by atoms with Crippen LogP contribution in [0.5, 0.6) is 0 Å². The van der Waals surface area contributed by atoms with Gasteiger partial charge in [-0.3, -0.25) is 9.69 Å². The number of carbonyl (C=O) groups is 1. The molecular weight excluding hydrogens is 262 g/mol. The Hall–Kier alpha value is -1.55. The number of carbonyl (C=O) groups excluding carboxylic acids is 1. The summed E-state index contributed by atoms with van der Waals surface area (Å²) in [5.74, 6) is 0.0428. The number of aryl methyl sites for hydroxylation is 1. The Labute approximate surface area is 127 Å². The van der Waals surface area contributed by atoms with Gasteiger partial charge in [-0.25, -0.2) is 0 Å². The van der Waals surface area contributed by atoms with E-state index in [1.54, 1.807) is 0 Å². The molecule has 1 amide bonds. The van der Waals surface area contributed by atoms with Gasteiger partial charge in [0, 0.05) is 17.9 Å². The minimum atomic E-state index is 0.0428. The molecule has 0 aliphatic carbocycles.